The second-order valence-electron chi connectivity index (χ2n) is 8.90. The van der Waals surface area contributed by atoms with Gasteiger partial charge in [-0.05, 0) is 78.8 Å². The van der Waals surface area contributed by atoms with Crippen LogP contribution in [0.5, 0.6) is 0 Å². The molecule has 4 heteroatoms. The van der Waals surface area contributed by atoms with Gasteiger partial charge in [-0.2, -0.15) is 0 Å². The highest BCUT2D eigenvalue weighted by molar-refractivity contribution is 7.16. The molecule has 0 unspecified atom stereocenters. The van der Waals surface area contributed by atoms with Crippen LogP contribution in [0.25, 0.3) is 74.1 Å². The molecule has 0 amide bonds. The molecule has 0 nitrogen and oxygen atoms in total. The Morgan fingerprint density at radius 1 is 0.389 bits per heavy atom. The molecule has 0 radical (unpaired) electrons. The summed E-state index contributed by atoms with van der Waals surface area (Å²) in [7, 11) is 0. The predicted molar refractivity (Wildman–Crippen MR) is 163 cm³/mol. The van der Waals surface area contributed by atoms with Crippen LogP contribution in [0, 0.1) is 0 Å². The quantitative estimate of drug-likeness (QED) is 0.198. The second kappa shape index (κ2) is 8.12. The first-order valence-corrected chi connectivity index (χ1v) is 15.3. The van der Waals surface area contributed by atoms with Crippen molar-refractivity contribution in [3.8, 4) is 41.8 Å². The summed E-state index contributed by atoms with van der Waals surface area (Å²) in [4.78, 5) is 5.30. The summed E-state index contributed by atoms with van der Waals surface area (Å²) >= 11 is 7.34. The minimum Gasteiger partial charge on any atom is -0.144 e. The zero-order valence-electron chi connectivity index (χ0n) is 19.0. The second-order valence-corrected chi connectivity index (χ2v) is 12.7. The van der Waals surface area contributed by atoms with E-state index in [-0.39, 0.29) is 0 Å². The Morgan fingerprint density at radius 3 is 1.61 bits per heavy atom. The number of rotatable bonds is 4. The van der Waals surface area contributed by atoms with Crippen molar-refractivity contribution in [2.24, 2.45) is 0 Å². The summed E-state index contributed by atoms with van der Waals surface area (Å²) < 4.78 is 0. The van der Waals surface area contributed by atoms with Gasteiger partial charge in [-0.3, -0.25) is 0 Å². The number of thiophene rings is 4. The van der Waals surface area contributed by atoms with Gasteiger partial charge in [0.25, 0.3) is 0 Å². The van der Waals surface area contributed by atoms with Crippen molar-refractivity contribution < 1.29 is 0 Å². The number of hydrogen-bond donors (Lipinski definition) is 0. The summed E-state index contributed by atoms with van der Waals surface area (Å²) in [6.45, 7) is 0. The van der Waals surface area contributed by atoms with Gasteiger partial charge in [0.05, 0.1) is 0 Å². The van der Waals surface area contributed by atoms with Crippen LogP contribution < -0.4 is 0 Å². The molecule has 0 atom stereocenters. The summed E-state index contributed by atoms with van der Waals surface area (Å²) in [5, 5.41) is 16.9. The molecular formula is C32H18S4. The lowest BCUT2D eigenvalue weighted by molar-refractivity contribution is 1.73. The van der Waals surface area contributed by atoms with Crippen molar-refractivity contribution in [2.45, 2.75) is 0 Å². The fourth-order valence-corrected chi connectivity index (χ4v) is 8.75. The van der Waals surface area contributed by atoms with Gasteiger partial charge in [0.1, 0.15) is 0 Å². The maximum atomic E-state index is 2.43. The van der Waals surface area contributed by atoms with Gasteiger partial charge in [-0.1, -0.05) is 54.6 Å². The molecule has 0 saturated carbocycles. The van der Waals surface area contributed by atoms with Crippen molar-refractivity contribution in [2.75, 3.05) is 0 Å². The Kier molecular flexibility index (Phi) is 4.71. The van der Waals surface area contributed by atoms with Gasteiger partial charge in [0.15, 0.2) is 0 Å². The zero-order valence-corrected chi connectivity index (χ0v) is 22.3. The largest absolute Gasteiger partial charge is 0.144 e. The van der Waals surface area contributed by atoms with Crippen LogP contribution in [0.3, 0.4) is 0 Å². The third-order valence-corrected chi connectivity index (χ3v) is 10.6. The molecule has 0 spiro atoms. The lowest BCUT2D eigenvalue weighted by Crippen LogP contribution is -1.95. The molecule has 0 saturated heterocycles. The van der Waals surface area contributed by atoms with Crippen molar-refractivity contribution in [1.82, 2.24) is 0 Å². The van der Waals surface area contributed by atoms with Crippen LogP contribution in [0.4, 0.5) is 0 Å². The maximum absolute atomic E-state index is 2.43. The molecular weight excluding hydrogens is 513 g/mol. The average Bonchev–Trinajstić information content (AvgIpc) is 3.73. The minimum absolute atomic E-state index is 1.31. The molecule has 170 valence electrons. The molecule has 0 N–H and O–H groups in total. The molecule has 36 heavy (non-hydrogen) atoms. The van der Waals surface area contributed by atoms with Gasteiger partial charge >= 0.3 is 0 Å². The molecule has 0 aliphatic heterocycles. The SMILES string of the molecule is c1csc(-c2c(-c3cccs3)c3ccc4cccc5cc(-c6cccs6)c(c2-c2cccs2)c3c45)c1. The van der Waals surface area contributed by atoms with E-state index in [9.17, 15) is 0 Å². The normalized spacial score (nSPS) is 11.9. The van der Waals surface area contributed by atoms with Gasteiger partial charge < -0.3 is 0 Å². The van der Waals surface area contributed by atoms with Gasteiger partial charge in [-0.15, -0.1) is 45.3 Å². The van der Waals surface area contributed by atoms with Crippen LogP contribution in [0.15, 0.2) is 106 Å². The van der Waals surface area contributed by atoms with Crippen molar-refractivity contribution in [3.05, 3.63) is 106 Å². The van der Waals surface area contributed by atoms with Crippen molar-refractivity contribution in [3.63, 3.8) is 0 Å². The molecule has 0 aliphatic rings. The summed E-state index contributed by atoms with van der Waals surface area (Å²) in [6.07, 6.45) is 0. The Balaban J connectivity index is 1.74. The summed E-state index contributed by atoms with van der Waals surface area (Å²) in [5.41, 5.74) is 5.42. The van der Waals surface area contributed by atoms with Crippen LogP contribution in [0.2, 0.25) is 0 Å². The first-order chi connectivity index (χ1) is 17.9. The summed E-state index contributed by atoms with van der Waals surface area (Å²) in [6, 6.07) is 31.7. The first kappa shape index (κ1) is 20.9. The summed E-state index contributed by atoms with van der Waals surface area (Å²) in [5.74, 6) is 0. The van der Waals surface area contributed by atoms with E-state index in [0.717, 1.165) is 0 Å². The van der Waals surface area contributed by atoms with E-state index >= 15 is 0 Å². The molecule has 4 aromatic heterocycles. The van der Waals surface area contributed by atoms with Gasteiger partial charge in [0, 0.05) is 47.1 Å². The Hall–Kier alpha value is -3.28. The maximum Gasteiger partial charge on any atom is 0.0356 e. The molecule has 4 aromatic carbocycles. The minimum atomic E-state index is 1.31. The highest BCUT2D eigenvalue weighted by Gasteiger charge is 2.26. The zero-order chi connectivity index (χ0) is 23.6. The van der Waals surface area contributed by atoms with E-state index in [1.165, 1.54) is 74.1 Å². The smallest absolute Gasteiger partial charge is 0.0356 e. The van der Waals surface area contributed by atoms with Gasteiger partial charge in [-0.25, -0.2) is 0 Å². The van der Waals surface area contributed by atoms with E-state index in [4.69, 9.17) is 0 Å². The molecule has 0 bridgehead atoms. The molecule has 0 aliphatic carbocycles. The monoisotopic (exact) mass is 530 g/mol. The van der Waals surface area contributed by atoms with Crippen LogP contribution in [0.1, 0.15) is 0 Å². The van der Waals surface area contributed by atoms with Crippen molar-refractivity contribution >= 4 is 77.7 Å². The standard InChI is InChI=1S/C32H18S4/c1-6-19-12-13-21-28(24-9-3-15-34-24)31(25-10-4-16-35-25)32(26-11-5-17-36-26)30-22(23-8-2-14-33-23)18-20(7-1)27(19)29(21)30/h1-18H. The third kappa shape index (κ3) is 2.96. The first-order valence-electron chi connectivity index (χ1n) is 11.8. The van der Waals surface area contributed by atoms with E-state index in [1.807, 2.05) is 45.3 Å². The third-order valence-electron chi connectivity index (χ3n) is 7.01. The molecule has 4 heterocycles. The fourth-order valence-electron chi connectivity index (χ4n) is 5.64. The lowest BCUT2D eigenvalue weighted by atomic mass is 9.82. The van der Waals surface area contributed by atoms with E-state index in [2.05, 4.69) is 106 Å². The van der Waals surface area contributed by atoms with Crippen LogP contribution >= 0.6 is 45.3 Å². The molecule has 0 fully saturated rings. The lowest BCUT2D eigenvalue weighted by Gasteiger charge is -2.23. The topological polar surface area (TPSA) is 0 Å². The molecule has 8 aromatic rings. The Labute approximate surface area is 224 Å². The Bertz CT molecular complexity index is 1950. The van der Waals surface area contributed by atoms with Crippen LogP contribution in [-0.4, -0.2) is 0 Å². The van der Waals surface area contributed by atoms with Gasteiger partial charge in [0.2, 0.25) is 0 Å². The predicted octanol–water partition coefficient (Wildman–Crippen LogP) is 11.5. The van der Waals surface area contributed by atoms with Crippen molar-refractivity contribution in [1.29, 1.82) is 0 Å². The Morgan fingerprint density at radius 2 is 0.972 bits per heavy atom. The number of benzene rings is 4. The van der Waals surface area contributed by atoms with E-state index in [1.54, 1.807) is 0 Å². The highest BCUT2D eigenvalue weighted by Crippen LogP contribution is 2.55. The molecule has 8 rings (SSSR count). The number of hydrogen-bond acceptors (Lipinski definition) is 4. The highest BCUT2D eigenvalue weighted by atomic mass is 32.1. The van der Waals surface area contributed by atoms with E-state index in [0.29, 0.717) is 0 Å². The van der Waals surface area contributed by atoms with Crippen LogP contribution in [-0.2, 0) is 0 Å². The average molecular weight is 531 g/mol. The fraction of sp³-hybridized carbons (Fsp3) is 0. The van der Waals surface area contributed by atoms with E-state index < -0.39 is 0 Å².